The number of aliphatic hydroxyl groups is 6. The van der Waals surface area contributed by atoms with Crippen LogP contribution in [0.4, 0.5) is 5.82 Å². The quantitative estimate of drug-likeness (QED) is 0.140. The van der Waals surface area contributed by atoms with Gasteiger partial charge in [0.15, 0.2) is 35.1 Å². The number of hydrogen-bond acceptors (Lipinski definition) is 14. The first-order valence-electron chi connectivity index (χ1n) is 11.7. The molecule has 0 unspecified atom stereocenters. The van der Waals surface area contributed by atoms with Gasteiger partial charge < -0.3 is 45.8 Å². The summed E-state index contributed by atoms with van der Waals surface area (Å²) in [5, 5.41) is 63.3. The van der Waals surface area contributed by atoms with Crippen molar-refractivity contribution in [2.75, 3.05) is 18.9 Å². The molecule has 40 heavy (non-hydrogen) atoms. The highest BCUT2D eigenvalue weighted by Gasteiger charge is 2.56. The van der Waals surface area contributed by atoms with Crippen LogP contribution in [-0.2, 0) is 9.47 Å². The second kappa shape index (κ2) is 10.1. The number of rotatable bonds is 4. The van der Waals surface area contributed by atoms with Gasteiger partial charge in [-0.2, -0.15) is 0 Å². The lowest BCUT2D eigenvalue weighted by Crippen LogP contribution is -2.48. The third-order valence-corrected chi connectivity index (χ3v) is 6.74. The van der Waals surface area contributed by atoms with Gasteiger partial charge in [-0.05, 0) is 23.7 Å². The first kappa shape index (κ1) is 27.4. The Balaban J connectivity index is 1.43. The van der Waals surface area contributed by atoms with Crippen molar-refractivity contribution in [2.45, 2.75) is 48.1 Å². The van der Waals surface area contributed by atoms with E-state index in [-0.39, 0.29) is 17.0 Å². The molecule has 0 bridgehead atoms. The smallest absolute Gasteiger partial charge is 0.330 e. The van der Waals surface area contributed by atoms with Crippen molar-refractivity contribution in [1.82, 2.24) is 29.1 Å². The maximum Gasteiger partial charge on any atom is 0.330 e. The first-order valence-corrected chi connectivity index (χ1v) is 11.7. The summed E-state index contributed by atoms with van der Waals surface area (Å²) in [6.45, 7) is -1.57. The van der Waals surface area contributed by atoms with E-state index in [1.165, 1.54) is 17.2 Å². The van der Waals surface area contributed by atoms with E-state index < -0.39 is 72.5 Å². The Kier molecular flexibility index (Phi) is 6.92. The maximum atomic E-state index is 12.1. The molecule has 5 rings (SSSR count). The Morgan fingerprint density at radius 3 is 2.08 bits per heavy atom. The van der Waals surface area contributed by atoms with Gasteiger partial charge in [-0.3, -0.25) is 18.9 Å². The number of H-pyrrole nitrogens is 1. The molecule has 0 aliphatic carbocycles. The number of nitrogens with zero attached hydrogens (tertiary/aromatic N) is 5. The third kappa shape index (κ3) is 4.23. The number of aromatic amines is 1. The molecule has 17 heteroatoms. The molecule has 9 N–H and O–H groups in total. The number of nitrogen functional groups attached to an aromatic ring is 1. The zero-order valence-corrected chi connectivity index (χ0v) is 20.3. The van der Waals surface area contributed by atoms with E-state index in [0.29, 0.717) is 0 Å². The lowest BCUT2D eigenvalue weighted by molar-refractivity contribution is -0.0625. The zero-order chi connectivity index (χ0) is 28.8. The van der Waals surface area contributed by atoms with Crippen molar-refractivity contribution >= 4 is 17.0 Å². The van der Waals surface area contributed by atoms with Crippen molar-refractivity contribution in [1.29, 1.82) is 0 Å². The van der Waals surface area contributed by atoms with Gasteiger partial charge in [-0.1, -0.05) is 0 Å². The van der Waals surface area contributed by atoms with Gasteiger partial charge in [0.05, 0.1) is 19.5 Å². The average molecular weight is 557 g/mol. The molecule has 0 radical (unpaired) electrons. The van der Waals surface area contributed by atoms with Crippen LogP contribution in [0.3, 0.4) is 0 Å². The SMILES string of the molecule is Nc1ncnc2c1ncn2[C@@H]1O[C@H](CO)[C@](O)(C#CC#C[C@@]2(O)[C@@H](CO)O[C@@H](n3ccc(=O)[nH]c3=O)[C@@H]2O)[C@H]1O. The molecule has 8 atom stereocenters. The second-order valence-electron chi connectivity index (χ2n) is 9.04. The van der Waals surface area contributed by atoms with Crippen molar-refractivity contribution in [3.63, 3.8) is 0 Å². The molecule has 2 aliphatic rings. The standard InChI is InChI=1S/C23H23N7O10/c24-17-14-18(26-9-25-17)30(10-27-14)20-16(35)23(38,12(8-32)40-20)5-2-1-4-22(37)11(7-31)39-19(15(22)34)29-6-3-13(33)28-21(29)36/h3,6,9-12,15-16,19-20,31-32,34-35,37-38H,7-8H2,(H2,24,25,26)(H,28,33,36)/t11-,12-,15+,16+,19-,20-,22-,23-/m1/s1. The van der Waals surface area contributed by atoms with E-state index in [0.717, 1.165) is 16.8 Å². The molecule has 2 fully saturated rings. The number of nitrogens with two attached hydrogens (primary N) is 1. The number of hydrogen-bond donors (Lipinski definition) is 8. The van der Waals surface area contributed by atoms with Crippen LogP contribution in [0, 0.1) is 23.7 Å². The van der Waals surface area contributed by atoms with Gasteiger partial charge in [0.25, 0.3) is 5.56 Å². The fraction of sp³-hybridized carbons (Fsp3) is 0.435. The van der Waals surface area contributed by atoms with Crippen LogP contribution >= 0.6 is 0 Å². The van der Waals surface area contributed by atoms with Crippen LogP contribution in [0.2, 0.25) is 0 Å². The van der Waals surface area contributed by atoms with E-state index in [4.69, 9.17) is 15.2 Å². The summed E-state index contributed by atoms with van der Waals surface area (Å²) < 4.78 is 13.1. The Morgan fingerprint density at radius 1 is 0.950 bits per heavy atom. The molecule has 2 saturated heterocycles. The van der Waals surface area contributed by atoms with Crippen LogP contribution in [-0.4, -0.2) is 109 Å². The van der Waals surface area contributed by atoms with Gasteiger partial charge in [-0.25, -0.2) is 19.7 Å². The van der Waals surface area contributed by atoms with Crippen molar-refractivity contribution in [3.05, 3.63) is 45.8 Å². The predicted octanol–water partition coefficient (Wildman–Crippen LogP) is -5.07. The van der Waals surface area contributed by atoms with Crippen LogP contribution in [0.15, 0.2) is 34.5 Å². The van der Waals surface area contributed by atoms with Crippen LogP contribution < -0.4 is 17.0 Å². The molecule has 0 aromatic carbocycles. The van der Waals surface area contributed by atoms with Crippen LogP contribution in [0.5, 0.6) is 0 Å². The molecular weight excluding hydrogens is 534 g/mol. The molecule has 5 heterocycles. The summed E-state index contributed by atoms with van der Waals surface area (Å²) in [6.07, 6.45) is -5.90. The van der Waals surface area contributed by atoms with Crippen LogP contribution in [0.1, 0.15) is 12.5 Å². The van der Waals surface area contributed by atoms with Crippen molar-refractivity contribution < 1.29 is 40.1 Å². The number of imidazole rings is 1. The largest absolute Gasteiger partial charge is 0.394 e. The first-order chi connectivity index (χ1) is 19.0. The van der Waals surface area contributed by atoms with Crippen molar-refractivity contribution in [2.24, 2.45) is 0 Å². The summed E-state index contributed by atoms with van der Waals surface area (Å²) in [4.78, 5) is 37.4. The number of aromatic nitrogens is 6. The molecule has 17 nitrogen and oxygen atoms in total. The van der Waals surface area contributed by atoms with Gasteiger partial charge in [-0.15, -0.1) is 0 Å². The Labute approximate surface area is 223 Å². The minimum Gasteiger partial charge on any atom is -0.394 e. The lowest BCUT2D eigenvalue weighted by atomic mass is 9.92. The highest BCUT2D eigenvalue weighted by molar-refractivity contribution is 5.81. The number of nitrogens with one attached hydrogen (secondary N) is 1. The topological polar surface area (TPSA) is 264 Å². The lowest BCUT2D eigenvalue weighted by Gasteiger charge is -2.24. The number of fused-ring (bicyclic) bond motifs is 1. The monoisotopic (exact) mass is 557 g/mol. The minimum atomic E-state index is -2.44. The van der Waals surface area contributed by atoms with E-state index >= 15 is 0 Å². The molecule has 3 aromatic heterocycles. The summed E-state index contributed by atoms with van der Waals surface area (Å²) in [7, 11) is 0. The maximum absolute atomic E-state index is 12.1. The van der Waals surface area contributed by atoms with E-state index in [9.17, 15) is 40.2 Å². The number of ether oxygens (including phenoxy) is 2. The van der Waals surface area contributed by atoms with Gasteiger partial charge >= 0.3 is 5.69 Å². The zero-order valence-electron chi connectivity index (χ0n) is 20.3. The molecule has 0 spiro atoms. The molecule has 2 aliphatic heterocycles. The average Bonchev–Trinajstić information content (AvgIpc) is 3.54. The molecule has 0 amide bonds. The highest BCUT2D eigenvalue weighted by Crippen LogP contribution is 2.38. The van der Waals surface area contributed by atoms with Crippen LogP contribution in [0.25, 0.3) is 11.2 Å². The fourth-order valence-electron chi connectivity index (χ4n) is 4.56. The fourth-order valence-corrected chi connectivity index (χ4v) is 4.56. The van der Waals surface area contributed by atoms with Crippen molar-refractivity contribution in [3.8, 4) is 23.7 Å². The summed E-state index contributed by atoms with van der Waals surface area (Å²) in [5.74, 6) is 9.16. The highest BCUT2D eigenvalue weighted by atomic mass is 16.6. The summed E-state index contributed by atoms with van der Waals surface area (Å²) in [5.41, 5.74) is -0.242. The predicted molar refractivity (Wildman–Crippen MR) is 131 cm³/mol. The Bertz CT molecular complexity index is 1680. The molecule has 0 saturated carbocycles. The third-order valence-electron chi connectivity index (χ3n) is 6.74. The van der Waals surface area contributed by atoms with E-state index in [1.807, 2.05) is 4.98 Å². The molecule has 210 valence electrons. The number of anilines is 1. The normalized spacial score (nSPS) is 33.4. The Hall–Kier alpha value is -4.17. The van der Waals surface area contributed by atoms with Gasteiger partial charge in [0, 0.05) is 12.3 Å². The minimum absolute atomic E-state index is 0.0742. The summed E-state index contributed by atoms with van der Waals surface area (Å²) in [6, 6.07) is 0.995. The second-order valence-corrected chi connectivity index (χ2v) is 9.04. The summed E-state index contributed by atoms with van der Waals surface area (Å²) >= 11 is 0. The molecular formula is C23H23N7O10. The van der Waals surface area contributed by atoms with Gasteiger partial charge in [0.1, 0.15) is 36.3 Å². The molecule has 3 aromatic rings. The van der Waals surface area contributed by atoms with E-state index in [2.05, 4.69) is 38.6 Å². The van der Waals surface area contributed by atoms with Gasteiger partial charge in [0.2, 0.25) is 0 Å². The Morgan fingerprint density at radius 2 is 1.52 bits per heavy atom. The van der Waals surface area contributed by atoms with E-state index in [1.54, 1.807) is 0 Å². The number of aliphatic hydroxyl groups excluding tert-OH is 4.